The Morgan fingerprint density at radius 1 is 0.911 bits per heavy atom. The lowest BCUT2D eigenvalue weighted by atomic mass is 9.84. The fraction of sp³-hybridized carbons (Fsp3) is 0.552. The Balaban J connectivity index is 1.58. The van der Waals surface area contributed by atoms with Crippen molar-refractivity contribution >= 4 is 6.09 Å². The Hall–Kier alpha value is -4.52. The number of azide groups is 3. The zero-order valence-electron chi connectivity index (χ0n) is 24.7. The van der Waals surface area contributed by atoms with E-state index >= 15 is 0 Å². The van der Waals surface area contributed by atoms with Gasteiger partial charge in [0.1, 0.15) is 12.7 Å². The maximum Gasteiger partial charge on any atom is 0.410 e. The van der Waals surface area contributed by atoms with Crippen LogP contribution in [-0.2, 0) is 27.4 Å². The number of carbonyl (C=O) groups excluding carboxylic acids is 1. The summed E-state index contributed by atoms with van der Waals surface area (Å²) in [6, 6.07) is 15.4. The first-order valence-corrected chi connectivity index (χ1v) is 14.7. The molecule has 9 atom stereocenters. The van der Waals surface area contributed by atoms with Crippen molar-refractivity contribution < 1.29 is 29.2 Å². The molecule has 1 aliphatic carbocycles. The SMILES string of the molecule is CC[C@@H]([C@@H]1CC[C@H](N=[N+]=[N-])[C@@H](O[C@H]2[C@H](O)[C@@H](O)[C@H](N=[N+]=[N-])C[C@@H]2N=[N+]=[N-])O1)N(Cc1ccccc1)C(=O)OCc1ccccc1. The van der Waals surface area contributed by atoms with Crippen LogP contribution in [-0.4, -0.2) is 76.1 Å². The van der Waals surface area contributed by atoms with Crippen molar-refractivity contribution in [1.29, 1.82) is 0 Å². The molecule has 1 heterocycles. The third-order valence-electron chi connectivity index (χ3n) is 8.09. The minimum atomic E-state index is -1.61. The van der Waals surface area contributed by atoms with E-state index in [1.807, 2.05) is 67.6 Å². The number of hydrogen-bond donors (Lipinski definition) is 2. The fourth-order valence-corrected chi connectivity index (χ4v) is 5.83. The van der Waals surface area contributed by atoms with Crippen LogP contribution in [0.3, 0.4) is 0 Å². The summed E-state index contributed by atoms with van der Waals surface area (Å²) in [6.45, 7) is 2.24. The molecule has 0 spiro atoms. The second-order valence-electron chi connectivity index (χ2n) is 10.9. The Morgan fingerprint density at radius 2 is 1.51 bits per heavy atom. The van der Waals surface area contributed by atoms with E-state index in [9.17, 15) is 20.5 Å². The van der Waals surface area contributed by atoms with Gasteiger partial charge in [-0.1, -0.05) is 82.9 Å². The van der Waals surface area contributed by atoms with E-state index in [0.717, 1.165) is 11.1 Å². The number of benzene rings is 2. The highest BCUT2D eigenvalue weighted by Crippen LogP contribution is 2.34. The molecule has 2 aromatic rings. The van der Waals surface area contributed by atoms with Gasteiger partial charge >= 0.3 is 6.09 Å². The molecule has 45 heavy (non-hydrogen) atoms. The molecule has 238 valence electrons. The molecule has 2 fully saturated rings. The molecule has 4 rings (SSSR count). The van der Waals surface area contributed by atoms with Crippen LogP contribution < -0.4 is 0 Å². The first-order valence-electron chi connectivity index (χ1n) is 14.7. The van der Waals surface area contributed by atoms with Crippen LogP contribution in [0.1, 0.15) is 43.7 Å². The summed E-state index contributed by atoms with van der Waals surface area (Å²) in [5, 5.41) is 32.6. The van der Waals surface area contributed by atoms with E-state index in [-0.39, 0.29) is 19.6 Å². The lowest BCUT2D eigenvalue weighted by Crippen LogP contribution is -2.59. The molecule has 1 amide bonds. The average molecular weight is 621 g/mol. The topological polar surface area (TPSA) is 235 Å². The molecule has 16 heteroatoms. The molecule has 2 N–H and O–H groups in total. The van der Waals surface area contributed by atoms with Gasteiger partial charge in [0.25, 0.3) is 0 Å². The van der Waals surface area contributed by atoms with Crippen LogP contribution in [0.15, 0.2) is 76.0 Å². The number of aliphatic hydroxyl groups excluding tert-OH is 2. The fourth-order valence-electron chi connectivity index (χ4n) is 5.83. The van der Waals surface area contributed by atoms with Crippen molar-refractivity contribution in [2.24, 2.45) is 15.3 Å². The number of rotatable bonds is 12. The van der Waals surface area contributed by atoms with E-state index in [4.69, 9.17) is 25.3 Å². The van der Waals surface area contributed by atoms with E-state index in [1.165, 1.54) is 0 Å². The first-order chi connectivity index (χ1) is 21.9. The molecule has 1 aliphatic heterocycles. The maximum absolute atomic E-state index is 13.6. The Morgan fingerprint density at radius 3 is 2.13 bits per heavy atom. The minimum Gasteiger partial charge on any atom is -0.445 e. The Kier molecular flexibility index (Phi) is 12.3. The standard InChI is InChI=1S/C29H36N10O6/c1-2-23(39(16-18-9-5-3-6-10-18)29(42)43-17-19-11-7-4-8-12-19)24-14-13-20(33-36-30)28(44-24)45-27-22(35-38-32)15-21(34-37-31)25(40)26(27)41/h3-12,20-28,40-41H,2,13-17H2,1H3/t20-,21+,22-,23-,24-,25-,26+,27+,28+/m0/s1. The third kappa shape index (κ3) is 8.56. The third-order valence-corrected chi connectivity index (χ3v) is 8.09. The van der Waals surface area contributed by atoms with Crippen molar-refractivity contribution in [3.05, 3.63) is 103 Å². The van der Waals surface area contributed by atoms with Gasteiger partial charge in [0.15, 0.2) is 6.29 Å². The zero-order chi connectivity index (χ0) is 32.2. The van der Waals surface area contributed by atoms with Crippen molar-refractivity contribution in [2.45, 2.75) is 101 Å². The molecule has 0 aromatic heterocycles. The highest BCUT2D eigenvalue weighted by atomic mass is 16.7. The summed E-state index contributed by atoms with van der Waals surface area (Å²) in [6.07, 6.45) is -5.59. The largest absolute Gasteiger partial charge is 0.445 e. The van der Waals surface area contributed by atoms with Crippen LogP contribution in [0.4, 0.5) is 4.79 Å². The van der Waals surface area contributed by atoms with E-state index in [1.54, 1.807) is 4.90 Å². The van der Waals surface area contributed by atoms with Crippen LogP contribution in [0.2, 0.25) is 0 Å². The normalized spacial score (nSPS) is 28.3. The summed E-state index contributed by atoms with van der Waals surface area (Å²) in [7, 11) is 0. The summed E-state index contributed by atoms with van der Waals surface area (Å²) < 4.78 is 18.2. The molecular weight excluding hydrogens is 584 g/mol. The molecule has 1 saturated carbocycles. The first kappa shape index (κ1) is 33.4. The number of amides is 1. The van der Waals surface area contributed by atoms with Crippen molar-refractivity contribution in [1.82, 2.24) is 4.90 Å². The quantitative estimate of drug-likeness (QED) is 0.172. The van der Waals surface area contributed by atoms with Gasteiger partial charge in [0.2, 0.25) is 0 Å². The Labute approximate surface area is 259 Å². The molecule has 0 unspecified atom stereocenters. The second kappa shape index (κ2) is 16.5. The van der Waals surface area contributed by atoms with Gasteiger partial charge in [-0.15, -0.1) is 0 Å². The summed E-state index contributed by atoms with van der Waals surface area (Å²) in [5.74, 6) is 0. The molecule has 0 radical (unpaired) electrons. The highest BCUT2D eigenvalue weighted by Gasteiger charge is 2.47. The highest BCUT2D eigenvalue weighted by molar-refractivity contribution is 5.68. The molecule has 2 aromatic carbocycles. The predicted octanol–water partition coefficient (Wildman–Crippen LogP) is 5.66. The number of nitrogens with zero attached hydrogens (tertiary/aromatic N) is 10. The summed E-state index contributed by atoms with van der Waals surface area (Å²) in [4.78, 5) is 23.7. The van der Waals surface area contributed by atoms with E-state index in [0.29, 0.717) is 19.3 Å². The van der Waals surface area contributed by atoms with Gasteiger partial charge < -0.3 is 24.4 Å². The summed E-state index contributed by atoms with van der Waals surface area (Å²) in [5.41, 5.74) is 29.0. The van der Waals surface area contributed by atoms with Gasteiger partial charge in [0.05, 0.1) is 42.5 Å². The van der Waals surface area contributed by atoms with Crippen molar-refractivity contribution in [3.8, 4) is 0 Å². The van der Waals surface area contributed by atoms with Gasteiger partial charge in [0, 0.05) is 21.3 Å². The number of hydrogen-bond acceptors (Lipinski definition) is 9. The maximum atomic E-state index is 13.6. The second-order valence-corrected chi connectivity index (χ2v) is 10.9. The Bertz CT molecular complexity index is 1400. The van der Waals surface area contributed by atoms with Gasteiger partial charge in [-0.3, -0.25) is 4.90 Å². The lowest BCUT2D eigenvalue weighted by molar-refractivity contribution is -0.260. The van der Waals surface area contributed by atoms with Crippen molar-refractivity contribution in [3.63, 3.8) is 0 Å². The van der Waals surface area contributed by atoms with Crippen molar-refractivity contribution in [2.75, 3.05) is 0 Å². The number of ether oxygens (including phenoxy) is 3. The van der Waals surface area contributed by atoms with Crippen LogP contribution in [0, 0.1) is 0 Å². The molecular formula is C29H36N10O6. The molecule has 0 bridgehead atoms. The zero-order valence-corrected chi connectivity index (χ0v) is 24.7. The molecule has 2 aliphatic rings. The average Bonchev–Trinajstić information content (AvgIpc) is 3.06. The van der Waals surface area contributed by atoms with Gasteiger partial charge in [-0.05, 0) is 53.4 Å². The summed E-state index contributed by atoms with van der Waals surface area (Å²) >= 11 is 0. The number of carbonyl (C=O) groups is 1. The van der Waals surface area contributed by atoms with Crippen LogP contribution in [0.5, 0.6) is 0 Å². The number of aliphatic hydroxyl groups is 2. The molecule has 1 saturated heterocycles. The van der Waals surface area contributed by atoms with E-state index < -0.39 is 61.0 Å². The monoisotopic (exact) mass is 620 g/mol. The lowest BCUT2D eigenvalue weighted by Gasteiger charge is -2.45. The predicted molar refractivity (Wildman–Crippen MR) is 161 cm³/mol. The molecule has 16 nitrogen and oxygen atoms in total. The van der Waals surface area contributed by atoms with E-state index in [2.05, 4.69) is 30.1 Å². The van der Waals surface area contributed by atoms with Crippen LogP contribution >= 0.6 is 0 Å². The smallest absolute Gasteiger partial charge is 0.410 e. The minimum absolute atomic E-state index is 0.0805. The van der Waals surface area contributed by atoms with Gasteiger partial charge in [-0.2, -0.15) is 0 Å². The van der Waals surface area contributed by atoms with Gasteiger partial charge in [-0.25, -0.2) is 4.79 Å². The van der Waals surface area contributed by atoms with Crippen LogP contribution in [0.25, 0.3) is 31.3 Å².